The van der Waals surface area contributed by atoms with Gasteiger partial charge in [-0.15, -0.1) is 0 Å². The molecule has 0 unspecified atom stereocenters. The van der Waals surface area contributed by atoms with Crippen molar-refractivity contribution in [1.29, 1.82) is 0 Å². The number of carbonyl (C=O) groups is 3. The van der Waals surface area contributed by atoms with Crippen molar-refractivity contribution in [3.8, 4) is 0 Å². The number of amides is 3. The predicted molar refractivity (Wildman–Crippen MR) is 135 cm³/mol. The molecule has 0 bridgehead atoms. The first-order valence-electron chi connectivity index (χ1n) is 11.8. The number of hydrazine groups is 1. The summed E-state index contributed by atoms with van der Waals surface area (Å²) < 4.78 is 24.9. The summed E-state index contributed by atoms with van der Waals surface area (Å²) in [4.78, 5) is 40.6. The lowest BCUT2D eigenvalue weighted by atomic mass is 9.97. The van der Waals surface area contributed by atoms with E-state index in [0.717, 1.165) is 10.8 Å². The lowest BCUT2D eigenvalue weighted by molar-refractivity contribution is -0.131. The highest BCUT2D eigenvalue weighted by molar-refractivity contribution is 6.00. The van der Waals surface area contributed by atoms with E-state index in [9.17, 15) is 18.8 Å². The molecular formula is C27H29FN4O5. The number of nitrogens with two attached hydrogens (primary N) is 1. The Morgan fingerprint density at radius 1 is 1.00 bits per heavy atom. The van der Waals surface area contributed by atoms with Gasteiger partial charge in [-0.3, -0.25) is 19.8 Å². The molecule has 0 spiro atoms. The topological polar surface area (TPSA) is 123 Å². The number of methoxy groups -OCH3 is 2. The summed E-state index contributed by atoms with van der Waals surface area (Å²) in [6, 6.07) is 17.0. The molecule has 194 valence electrons. The van der Waals surface area contributed by atoms with Gasteiger partial charge >= 0.3 is 0 Å². The normalized spacial score (nSPS) is 18.1. The number of carbonyl (C=O) groups excluding carboxylic acids is 3. The highest BCUT2D eigenvalue weighted by atomic mass is 19.1. The molecule has 10 heteroatoms. The second-order valence-electron chi connectivity index (χ2n) is 8.75. The quantitative estimate of drug-likeness (QED) is 0.186. The first kappa shape index (κ1) is 26.2. The van der Waals surface area contributed by atoms with Crippen molar-refractivity contribution in [2.24, 2.45) is 5.84 Å². The van der Waals surface area contributed by atoms with E-state index in [-0.39, 0.29) is 18.5 Å². The van der Waals surface area contributed by atoms with Gasteiger partial charge in [-0.1, -0.05) is 54.6 Å². The van der Waals surface area contributed by atoms with E-state index in [1.807, 2.05) is 30.3 Å². The molecule has 0 radical (unpaired) electrons. The monoisotopic (exact) mass is 508 g/mol. The Labute approximate surface area is 213 Å². The maximum absolute atomic E-state index is 14.5. The highest BCUT2D eigenvalue weighted by Gasteiger charge is 2.41. The number of hydrogen-bond donors (Lipinski definition) is 3. The van der Waals surface area contributed by atoms with Gasteiger partial charge in [0.05, 0.1) is 6.54 Å². The third kappa shape index (κ3) is 5.46. The van der Waals surface area contributed by atoms with Crippen LogP contribution in [0.1, 0.15) is 40.2 Å². The van der Waals surface area contributed by atoms with Crippen LogP contribution in [0.3, 0.4) is 0 Å². The Morgan fingerprint density at radius 2 is 1.68 bits per heavy atom. The average molecular weight is 509 g/mol. The molecule has 0 saturated carbocycles. The van der Waals surface area contributed by atoms with E-state index >= 15 is 0 Å². The molecule has 1 saturated heterocycles. The van der Waals surface area contributed by atoms with Crippen molar-refractivity contribution in [2.45, 2.75) is 31.0 Å². The van der Waals surface area contributed by atoms with Gasteiger partial charge in [-0.05, 0) is 28.5 Å². The van der Waals surface area contributed by atoms with Crippen LogP contribution in [0.2, 0.25) is 0 Å². The highest BCUT2D eigenvalue weighted by Crippen LogP contribution is 2.28. The van der Waals surface area contributed by atoms with Crippen LogP contribution in [0.5, 0.6) is 0 Å². The lowest BCUT2D eigenvalue weighted by Crippen LogP contribution is -2.50. The van der Waals surface area contributed by atoms with Gasteiger partial charge in [-0.2, -0.15) is 0 Å². The first-order valence-corrected chi connectivity index (χ1v) is 11.8. The number of nitrogens with zero attached hydrogens (tertiary/aromatic N) is 1. The molecular weight excluding hydrogens is 479 g/mol. The summed E-state index contributed by atoms with van der Waals surface area (Å²) in [6.45, 7) is -0.237. The van der Waals surface area contributed by atoms with Crippen molar-refractivity contribution in [3.05, 3.63) is 83.4 Å². The van der Waals surface area contributed by atoms with Crippen LogP contribution < -0.4 is 16.6 Å². The minimum atomic E-state index is -1.38. The van der Waals surface area contributed by atoms with Crippen molar-refractivity contribution < 1.29 is 28.2 Å². The van der Waals surface area contributed by atoms with E-state index < -0.39 is 42.3 Å². The average Bonchev–Trinajstić information content (AvgIpc) is 3.33. The fourth-order valence-electron chi connectivity index (χ4n) is 4.68. The van der Waals surface area contributed by atoms with Crippen molar-refractivity contribution in [3.63, 3.8) is 0 Å². The maximum Gasteiger partial charge on any atom is 0.261 e. The van der Waals surface area contributed by atoms with Gasteiger partial charge in [-0.25, -0.2) is 10.2 Å². The molecule has 0 aromatic heterocycles. The summed E-state index contributed by atoms with van der Waals surface area (Å²) in [6.07, 6.45) is -2.16. The molecule has 3 atom stereocenters. The number of hydrogen-bond acceptors (Lipinski definition) is 6. The minimum absolute atomic E-state index is 0.183. The molecule has 9 nitrogen and oxygen atoms in total. The van der Waals surface area contributed by atoms with Gasteiger partial charge in [0.1, 0.15) is 18.3 Å². The number of halogens is 1. The van der Waals surface area contributed by atoms with Gasteiger partial charge in [0, 0.05) is 31.8 Å². The number of nitrogens with one attached hydrogen (secondary N) is 2. The van der Waals surface area contributed by atoms with Crippen LogP contribution in [0.15, 0.2) is 66.7 Å². The molecule has 3 amide bonds. The van der Waals surface area contributed by atoms with E-state index in [0.29, 0.717) is 11.1 Å². The zero-order valence-electron chi connectivity index (χ0n) is 20.5. The zero-order valence-corrected chi connectivity index (χ0v) is 20.5. The molecule has 4 N–H and O–H groups in total. The van der Waals surface area contributed by atoms with Crippen LogP contribution >= 0.6 is 0 Å². The summed E-state index contributed by atoms with van der Waals surface area (Å²) >= 11 is 0. The number of ether oxygens (including phenoxy) is 2. The Kier molecular flexibility index (Phi) is 8.12. The Hall–Kier alpha value is -3.86. The van der Waals surface area contributed by atoms with Gasteiger partial charge < -0.3 is 19.7 Å². The number of alkyl halides is 1. The Balaban J connectivity index is 1.58. The van der Waals surface area contributed by atoms with Crippen LogP contribution in [-0.2, 0) is 19.1 Å². The van der Waals surface area contributed by atoms with E-state index in [1.54, 1.807) is 36.4 Å². The summed E-state index contributed by atoms with van der Waals surface area (Å²) in [5.41, 5.74) is 3.60. The van der Waals surface area contributed by atoms with Gasteiger partial charge in [0.2, 0.25) is 5.91 Å². The minimum Gasteiger partial charge on any atom is -0.352 e. The van der Waals surface area contributed by atoms with E-state index in [2.05, 4.69) is 10.7 Å². The smallest absolute Gasteiger partial charge is 0.261 e. The van der Waals surface area contributed by atoms with Crippen LogP contribution in [0, 0.1) is 0 Å². The molecule has 4 rings (SSSR count). The van der Waals surface area contributed by atoms with Crippen LogP contribution in [-0.4, -0.2) is 55.6 Å². The Bertz CT molecular complexity index is 1280. The molecule has 1 aliphatic rings. The van der Waals surface area contributed by atoms with E-state index in [4.69, 9.17) is 15.3 Å². The molecule has 1 fully saturated rings. The second kappa shape index (κ2) is 11.5. The fourth-order valence-corrected chi connectivity index (χ4v) is 4.68. The van der Waals surface area contributed by atoms with Gasteiger partial charge in [0.25, 0.3) is 11.8 Å². The van der Waals surface area contributed by atoms with Gasteiger partial charge in [0.15, 0.2) is 6.29 Å². The fraction of sp³-hybridized carbons (Fsp3) is 0.296. The predicted octanol–water partition coefficient (Wildman–Crippen LogP) is 2.53. The third-order valence-electron chi connectivity index (χ3n) is 6.50. The summed E-state index contributed by atoms with van der Waals surface area (Å²) in [5, 5.41) is 4.32. The summed E-state index contributed by atoms with van der Waals surface area (Å²) in [5.74, 6) is 3.63. The SMILES string of the molecule is COC(OC)c1ccc(C(=O)N2C[C@H](F)C[C@H]2C(=O)N[C@H](C(=O)NN)c2cccc3ccccc23)cc1. The molecule has 37 heavy (non-hydrogen) atoms. The Morgan fingerprint density at radius 3 is 2.35 bits per heavy atom. The molecule has 3 aromatic rings. The van der Waals surface area contributed by atoms with Crippen LogP contribution in [0.4, 0.5) is 4.39 Å². The largest absolute Gasteiger partial charge is 0.352 e. The maximum atomic E-state index is 14.5. The number of likely N-dealkylation sites (tertiary alicyclic amines) is 1. The third-order valence-corrected chi connectivity index (χ3v) is 6.50. The number of benzene rings is 3. The van der Waals surface area contributed by atoms with Crippen LogP contribution in [0.25, 0.3) is 10.8 Å². The standard InChI is InChI=1S/C27H29FN4O5/c1-36-27(37-2)18-12-10-17(11-13-18)26(35)32-15-19(28)14-22(32)24(33)30-23(25(34)31-29)21-9-5-7-16-6-3-4-8-20(16)21/h3-13,19,22-23,27H,14-15,29H2,1-2H3,(H,30,33)(H,31,34)/t19-,22+,23+/m1/s1. The zero-order chi connectivity index (χ0) is 26.5. The van der Waals surface area contributed by atoms with Crippen molar-refractivity contribution in [2.75, 3.05) is 20.8 Å². The second-order valence-corrected chi connectivity index (χ2v) is 8.75. The molecule has 3 aromatic carbocycles. The van der Waals surface area contributed by atoms with Crippen molar-refractivity contribution in [1.82, 2.24) is 15.6 Å². The molecule has 0 aliphatic carbocycles. The molecule has 1 aliphatic heterocycles. The lowest BCUT2D eigenvalue weighted by Gasteiger charge is -2.26. The number of fused-ring (bicyclic) bond motifs is 1. The number of rotatable bonds is 8. The van der Waals surface area contributed by atoms with E-state index in [1.165, 1.54) is 19.1 Å². The first-order chi connectivity index (χ1) is 17.9. The summed E-state index contributed by atoms with van der Waals surface area (Å²) in [7, 11) is 3.00. The van der Waals surface area contributed by atoms with Crippen molar-refractivity contribution >= 4 is 28.5 Å². The molecule has 1 heterocycles.